The van der Waals surface area contributed by atoms with Gasteiger partial charge in [-0.25, -0.2) is 9.37 Å². The summed E-state index contributed by atoms with van der Waals surface area (Å²) in [5.74, 6) is 0.480. The van der Waals surface area contributed by atoms with Crippen molar-refractivity contribution in [2.24, 2.45) is 0 Å². The smallest absolute Gasteiger partial charge is 0.289 e. The molecule has 0 saturated carbocycles. The molecule has 0 bridgehead atoms. The van der Waals surface area contributed by atoms with E-state index in [0.717, 1.165) is 35.9 Å². The molecule has 0 spiro atoms. The lowest BCUT2D eigenvalue weighted by molar-refractivity contribution is 0.0597. The van der Waals surface area contributed by atoms with Crippen LogP contribution in [0.3, 0.4) is 0 Å². The van der Waals surface area contributed by atoms with E-state index in [2.05, 4.69) is 15.3 Å². The summed E-state index contributed by atoms with van der Waals surface area (Å²) in [6.07, 6.45) is 0. The third kappa shape index (κ3) is 4.09. The molecule has 3 aromatic rings. The van der Waals surface area contributed by atoms with Crippen molar-refractivity contribution in [3.05, 3.63) is 64.1 Å². The van der Waals surface area contributed by atoms with E-state index in [1.54, 1.807) is 35.6 Å². The largest absolute Gasteiger partial charge is 0.451 e. The monoisotopic (exact) mass is 385 g/mol. The van der Waals surface area contributed by atoms with Gasteiger partial charge < -0.3 is 9.32 Å². The van der Waals surface area contributed by atoms with Crippen molar-refractivity contribution in [3.63, 3.8) is 0 Å². The molecule has 0 aliphatic carbocycles. The molecule has 27 heavy (non-hydrogen) atoms. The Kier molecular flexibility index (Phi) is 5.05. The van der Waals surface area contributed by atoms with Crippen molar-refractivity contribution in [2.75, 3.05) is 26.2 Å². The SMILES string of the molecule is Cc1nc(CN2CCN(C(=O)c3ccc(-c4ccc(F)cc4)o3)CC2)cs1. The molecule has 0 atom stereocenters. The van der Waals surface area contributed by atoms with Crippen molar-refractivity contribution < 1.29 is 13.6 Å². The number of thiazole rings is 1. The number of furan rings is 1. The lowest BCUT2D eigenvalue weighted by Crippen LogP contribution is -2.48. The van der Waals surface area contributed by atoms with E-state index < -0.39 is 0 Å². The summed E-state index contributed by atoms with van der Waals surface area (Å²) in [5, 5.41) is 3.17. The fourth-order valence-electron chi connectivity index (χ4n) is 3.20. The van der Waals surface area contributed by atoms with Gasteiger partial charge in [-0.1, -0.05) is 0 Å². The molecule has 0 radical (unpaired) electrons. The van der Waals surface area contributed by atoms with Crippen molar-refractivity contribution in [1.29, 1.82) is 0 Å². The maximum atomic E-state index is 13.1. The van der Waals surface area contributed by atoms with Crippen molar-refractivity contribution in [3.8, 4) is 11.3 Å². The average Bonchev–Trinajstić information content (AvgIpc) is 3.32. The molecule has 7 heteroatoms. The Morgan fingerprint density at radius 2 is 1.89 bits per heavy atom. The predicted molar refractivity (Wildman–Crippen MR) is 102 cm³/mol. The molecular weight excluding hydrogens is 365 g/mol. The number of amides is 1. The third-order valence-corrected chi connectivity index (χ3v) is 5.48. The molecule has 1 fully saturated rings. The third-order valence-electron chi connectivity index (χ3n) is 4.66. The summed E-state index contributed by atoms with van der Waals surface area (Å²) < 4.78 is 18.8. The molecule has 1 aromatic carbocycles. The zero-order valence-electron chi connectivity index (χ0n) is 15.0. The first-order chi connectivity index (χ1) is 13.1. The minimum atomic E-state index is -0.299. The van der Waals surface area contributed by atoms with Crippen LogP contribution in [0.5, 0.6) is 0 Å². The number of rotatable bonds is 4. The van der Waals surface area contributed by atoms with E-state index in [-0.39, 0.29) is 11.7 Å². The van der Waals surface area contributed by atoms with Gasteiger partial charge in [0.15, 0.2) is 5.76 Å². The standard InChI is InChI=1S/C20H20FN3O2S/c1-14-22-17(13-27-14)12-23-8-10-24(11-9-23)20(25)19-7-6-18(26-19)15-2-4-16(21)5-3-15/h2-7,13H,8-12H2,1H3. The van der Waals surface area contributed by atoms with Crippen molar-refractivity contribution >= 4 is 17.2 Å². The summed E-state index contributed by atoms with van der Waals surface area (Å²) in [4.78, 5) is 21.3. The molecule has 1 aliphatic rings. The number of aromatic nitrogens is 1. The maximum absolute atomic E-state index is 13.1. The Morgan fingerprint density at radius 3 is 2.56 bits per heavy atom. The number of carbonyl (C=O) groups is 1. The summed E-state index contributed by atoms with van der Waals surface area (Å²) in [6.45, 7) is 5.78. The molecule has 1 amide bonds. The lowest BCUT2D eigenvalue weighted by atomic mass is 10.2. The van der Waals surface area contributed by atoms with Crippen LogP contribution in [0.15, 0.2) is 46.2 Å². The van der Waals surface area contributed by atoms with Crippen LogP contribution in [-0.2, 0) is 6.54 Å². The van der Waals surface area contributed by atoms with Gasteiger partial charge in [0.05, 0.1) is 10.7 Å². The molecule has 0 unspecified atom stereocenters. The molecule has 4 rings (SSSR count). The van der Waals surface area contributed by atoms with Gasteiger partial charge >= 0.3 is 0 Å². The highest BCUT2D eigenvalue weighted by Gasteiger charge is 2.24. The zero-order chi connectivity index (χ0) is 18.8. The Labute approximate surface area is 161 Å². The average molecular weight is 385 g/mol. The number of aryl methyl sites for hydroxylation is 1. The quantitative estimate of drug-likeness (QED) is 0.685. The minimum Gasteiger partial charge on any atom is -0.451 e. The van der Waals surface area contributed by atoms with E-state index in [0.29, 0.717) is 24.6 Å². The van der Waals surface area contributed by atoms with Gasteiger partial charge in [-0.05, 0) is 43.3 Å². The molecule has 3 heterocycles. The fraction of sp³-hybridized carbons (Fsp3) is 0.300. The lowest BCUT2D eigenvalue weighted by Gasteiger charge is -2.33. The Bertz CT molecular complexity index is 927. The first-order valence-electron chi connectivity index (χ1n) is 8.87. The Balaban J connectivity index is 1.36. The van der Waals surface area contributed by atoms with E-state index in [1.165, 1.54) is 12.1 Å². The summed E-state index contributed by atoms with van der Waals surface area (Å²) >= 11 is 1.66. The fourth-order valence-corrected chi connectivity index (χ4v) is 3.80. The topological polar surface area (TPSA) is 49.6 Å². The van der Waals surface area contributed by atoms with Crippen LogP contribution in [0, 0.1) is 12.7 Å². The van der Waals surface area contributed by atoms with Crippen molar-refractivity contribution in [1.82, 2.24) is 14.8 Å². The Hall–Kier alpha value is -2.51. The highest BCUT2D eigenvalue weighted by molar-refractivity contribution is 7.09. The van der Waals surface area contributed by atoms with Gasteiger partial charge in [0, 0.05) is 43.7 Å². The minimum absolute atomic E-state index is 0.104. The molecule has 0 N–H and O–H groups in total. The number of benzene rings is 1. The number of hydrogen-bond acceptors (Lipinski definition) is 5. The molecular formula is C20H20FN3O2S. The summed E-state index contributed by atoms with van der Waals surface area (Å²) in [5.41, 5.74) is 1.84. The second-order valence-corrected chi connectivity index (χ2v) is 7.66. The summed E-state index contributed by atoms with van der Waals surface area (Å²) in [6, 6.07) is 9.47. The van der Waals surface area contributed by atoms with Crippen LogP contribution in [-0.4, -0.2) is 46.9 Å². The predicted octanol–water partition coefficient (Wildman–Crippen LogP) is 3.81. The number of halogens is 1. The normalized spacial score (nSPS) is 15.3. The molecule has 2 aromatic heterocycles. The van der Waals surface area contributed by atoms with E-state index in [1.807, 2.05) is 11.8 Å². The summed E-state index contributed by atoms with van der Waals surface area (Å²) in [7, 11) is 0. The number of piperazine rings is 1. The maximum Gasteiger partial charge on any atom is 0.289 e. The first kappa shape index (κ1) is 17.9. The van der Waals surface area contributed by atoms with Crippen LogP contribution in [0.25, 0.3) is 11.3 Å². The number of carbonyl (C=O) groups excluding carboxylic acids is 1. The van der Waals surface area contributed by atoms with Gasteiger partial charge in [0.2, 0.25) is 0 Å². The van der Waals surface area contributed by atoms with Crippen LogP contribution in [0.4, 0.5) is 4.39 Å². The van der Waals surface area contributed by atoms with Crippen molar-refractivity contribution in [2.45, 2.75) is 13.5 Å². The first-order valence-corrected chi connectivity index (χ1v) is 9.75. The highest BCUT2D eigenvalue weighted by Crippen LogP contribution is 2.23. The zero-order valence-corrected chi connectivity index (χ0v) is 15.8. The number of hydrogen-bond donors (Lipinski definition) is 0. The van der Waals surface area contributed by atoms with Gasteiger partial charge in [0.25, 0.3) is 5.91 Å². The second-order valence-electron chi connectivity index (χ2n) is 6.60. The Morgan fingerprint density at radius 1 is 1.15 bits per heavy atom. The highest BCUT2D eigenvalue weighted by atomic mass is 32.1. The molecule has 1 saturated heterocycles. The van der Waals surface area contributed by atoms with E-state index >= 15 is 0 Å². The van der Waals surface area contributed by atoms with E-state index in [9.17, 15) is 9.18 Å². The van der Waals surface area contributed by atoms with E-state index in [4.69, 9.17) is 4.42 Å². The van der Waals surface area contributed by atoms with Crippen LogP contribution < -0.4 is 0 Å². The van der Waals surface area contributed by atoms with Gasteiger partial charge in [-0.2, -0.15) is 0 Å². The number of nitrogens with zero attached hydrogens (tertiary/aromatic N) is 3. The molecule has 1 aliphatic heterocycles. The molecule has 140 valence electrons. The molecule has 5 nitrogen and oxygen atoms in total. The van der Waals surface area contributed by atoms with Gasteiger partial charge in [-0.15, -0.1) is 11.3 Å². The van der Waals surface area contributed by atoms with Gasteiger partial charge in [-0.3, -0.25) is 9.69 Å². The van der Waals surface area contributed by atoms with Gasteiger partial charge in [0.1, 0.15) is 11.6 Å². The van der Waals surface area contributed by atoms with Crippen LogP contribution in [0.1, 0.15) is 21.3 Å². The van der Waals surface area contributed by atoms with Crippen LogP contribution in [0.2, 0.25) is 0 Å². The van der Waals surface area contributed by atoms with Crippen LogP contribution >= 0.6 is 11.3 Å². The second kappa shape index (κ2) is 7.62.